The third-order valence-electron chi connectivity index (χ3n) is 3.33. The van der Waals surface area contributed by atoms with Crippen molar-refractivity contribution in [3.63, 3.8) is 0 Å². The summed E-state index contributed by atoms with van der Waals surface area (Å²) in [6.07, 6.45) is 4.18. The Hall–Kier alpha value is -1.01. The monoisotopic (exact) mass is 283 g/mol. The van der Waals surface area contributed by atoms with Gasteiger partial charge in [-0.1, -0.05) is 0 Å². The zero-order valence-corrected chi connectivity index (χ0v) is 12.3. The Morgan fingerprint density at radius 1 is 1.63 bits per heavy atom. The first kappa shape index (κ1) is 14.4. The summed E-state index contributed by atoms with van der Waals surface area (Å²) in [4.78, 5) is 13.2. The summed E-state index contributed by atoms with van der Waals surface area (Å²) in [5.74, 6) is 1.27. The van der Waals surface area contributed by atoms with Gasteiger partial charge in [-0.25, -0.2) is 0 Å². The molecular formula is C13H21N3O2S. The van der Waals surface area contributed by atoms with Gasteiger partial charge in [0.25, 0.3) is 0 Å². The summed E-state index contributed by atoms with van der Waals surface area (Å²) < 4.78 is 1.94. The Morgan fingerprint density at radius 3 is 3.05 bits per heavy atom. The van der Waals surface area contributed by atoms with E-state index in [0.29, 0.717) is 6.04 Å². The Labute approximate surface area is 118 Å². The van der Waals surface area contributed by atoms with Gasteiger partial charge in [0.15, 0.2) is 0 Å². The van der Waals surface area contributed by atoms with E-state index in [2.05, 4.69) is 30.0 Å². The largest absolute Gasteiger partial charge is 0.481 e. The number of hydrogen-bond acceptors (Lipinski definition) is 4. The van der Waals surface area contributed by atoms with E-state index in [1.807, 2.05) is 22.6 Å². The van der Waals surface area contributed by atoms with Crippen molar-refractivity contribution >= 4 is 17.7 Å². The minimum absolute atomic E-state index is 0.138. The maximum Gasteiger partial charge on any atom is 0.304 e. The highest BCUT2D eigenvalue weighted by atomic mass is 32.2. The van der Waals surface area contributed by atoms with Gasteiger partial charge in [-0.2, -0.15) is 16.9 Å². The van der Waals surface area contributed by atoms with Gasteiger partial charge in [-0.05, 0) is 13.8 Å². The molecule has 0 radical (unpaired) electrons. The number of hydrogen-bond donors (Lipinski definition) is 1. The molecule has 1 aromatic heterocycles. The van der Waals surface area contributed by atoms with E-state index in [4.69, 9.17) is 5.11 Å². The van der Waals surface area contributed by atoms with Gasteiger partial charge in [0.1, 0.15) is 0 Å². The van der Waals surface area contributed by atoms with Gasteiger partial charge in [-0.3, -0.25) is 14.4 Å². The van der Waals surface area contributed by atoms with Crippen molar-refractivity contribution in [3.05, 3.63) is 18.0 Å². The molecule has 5 nitrogen and oxygen atoms in total. The van der Waals surface area contributed by atoms with Crippen LogP contribution in [0.15, 0.2) is 12.4 Å². The van der Waals surface area contributed by atoms with Crippen molar-refractivity contribution in [1.82, 2.24) is 14.7 Å². The lowest BCUT2D eigenvalue weighted by atomic mass is 10.1. The van der Waals surface area contributed by atoms with E-state index < -0.39 is 5.97 Å². The molecule has 6 heteroatoms. The highest BCUT2D eigenvalue weighted by Crippen LogP contribution is 2.21. The Kier molecular flexibility index (Phi) is 4.87. The first-order chi connectivity index (χ1) is 9.06. The molecule has 1 unspecified atom stereocenters. The number of aromatic nitrogens is 2. The maximum atomic E-state index is 10.9. The smallest absolute Gasteiger partial charge is 0.304 e. The summed E-state index contributed by atoms with van der Waals surface area (Å²) in [6, 6.07) is 0.499. The molecule has 1 aliphatic heterocycles. The molecule has 1 N–H and O–H groups in total. The fourth-order valence-corrected chi connectivity index (χ4v) is 3.39. The molecule has 1 aromatic rings. The predicted molar refractivity (Wildman–Crippen MR) is 76.4 cm³/mol. The van der Waals surface area contributed by atoms with Gasteiger partial charge < -0.3 is 5.11 Å². The molecule has 0 aliphatic carbocycles. The van der Waals surface area contributed by atoms with Crippen molar-refractivity contribution in [3.8, 4) is 0 Å². The summed E-state index contributed by atoms with van der Waals surface area (Å²) in [6.45, 7) is 5.95. The zero-order chi connectivity index (χ0) is 13.8. The number of rotatable bonds is 5. The standard InChI is InChI=1S/C13H21N3O2S/c1-10(2)16-8-11(6-14-16)7-15-3-4-19-9-12(15)5-13(17)18/h6,8,10,12H,3-5,7,9H2,1-2H3,(H,17,18). The molecule has 0 spiro atoms. The molecule has 0 bridgehead atoms. The first-order valence-corrected chi connectivity index (χ1v) is 7.78. The average Bonchev–Trinajstić information content (AvgIpc) is 2.80. The van der Waals surface area contributed by atoms with Crippen LogP contribution in [0.3, 0.4) is 0 Å². The quantitative estimate of drug-likeness (QED) is 0.894. The lowest BCUT2D eigenvalue weighted by Crippen LogP contribution is -2.42. The van der Waals surface area contributed by atoms with Crippen LogP contribution < -0.4 is 0 Å². The summed E-state index contributed by atoms with van der Waals surface area (Å²) in [5, 5.41) is 13.3. The van der Waals surface area contributed by atoms with Crippen molar-refractivity contribution in [1.29, 1.82) is 0 Å². The molecule has 19 heavy (non-hydrogen) atoms. The van der Waals surface area contributed by atoms with E-state index in [1.165, 1.54) is 0 Å². The lowest BCUT2D eigenvalue weighted by molar-refractivity contribution is -0.138. The van der Waals surface area contributed by atoms with Crippen LogP contribution in [0.5, 0.6) is 0 Å². The second-order valence-corrected chi connectivity index (χ2v) is 6.37. The number of aliphatic carboxylic acids is 1. The molecule has 1 saturated heterocycles. The van der Waals surface area contributed by atoms with E-state index in [9.17, 15) is 4.79 Å². The van der Waals surface area contributed by atoms with Crippen LogP contribution in [-0.4, -0.2) is 49.8 Å². The Morgan fingerprint density at radius 2 is 2.42 bits per heavy atom. The molecule has 0 saturated carbocycles. The normalized spacial score (nSPS) is 20.9. The van der Waals surface area contributed by atoms with Crippen molar-refractivity contribution in [2.24, 2.45) is 0 Å². The highest BCUT2D eigenvalue weighted by molar-refractivity contribution is 7.99. The van der Waals surface area contributed by atoms with Gasteiger partial charge in [0.2, 0.25) is 0 Å². The van der Waals surface area contributed by atoms with Crippen LogP contribution in [0, 0.1) is 0 Å². The van der Waals surface area contributed by atoms with Crippen LogP contribution >= 0.6 is 11.8 Å². The molecule has 1 atom stereocenters. The zero-order valence-electron chi connectivity index (χ0n) is 11.5. The third kappa shape index (κ3) is 3.98. The number of nitrogens with zero attached hydrogens (tertiary/aromatic N) is 3. The maximum absolute atomic E-state index is 10.9. The van der Waals surface area contributed by atoms with Crippen LogP contribution in [0.25, 0.3) is 0 Å². The average molecular weight is 283 g/mol. The molecule has 2 rings (SSSR count). The second kappa shape index (κ2) is 6.43. The van der Waals surface area contributed by atoms with Gasteiger partial charge in [0, 0.05) is 48.4 Å². The van der Waals surface area contributed by atoms with Crippen molar-refractivity contribution in [2.75, 3.05) is 18.1 Å². The fraction of sp³-hybridized carbons (Fsp3) is 0.692. The molecule has 1 aliphatic rings. The van der Waals surface area contributed by atoms with Crippen LogP contribution in [0.2, 0.25) is 0 Å². The van der Waals surface area contributed by atoms with Crippen molar-refractivity contribution < 1.29 is 9.90 Å². The van der Waals surface area contributed by atoms with E-state index in [0.717, 1.165) is 30.2 Å². The molecular weight excluding hydrogens is 262 g/mol. The Bertz CT molecular complexity index is 433. The van der Waals surface area contributed by atoms with E-state index in [1.54, 1.807) is 0 Å². The fourth-order valence-electron chi connectivity index (χ4n) is 2.26. The molecule has 0 aromatic carbocycles. The SMILES string of the molecule is CC(C)n1cc(CN2CCSCC2CC(=O)O)cn1. The number of thioether (sulfide) groups is 1. The van der Waals surface area contributed by atoms with Crippen LogP contribution in [-0.2, 0) is 11.3 Å². The minimum atomic E-state index is -0.713. The molecule has 2 heterocycles. The molecule has 1 fully saturated rings. The van der Waals surface area contributed by atoms with Crippen LogP contribution in [0.1, 0.15) is 31.9 Å². The van der Waals surface area contributed by atoms with E-state index >= 15 is 0 Å². The summed E-state index contributed by atoms with van der Waals surface area (Å²) >= 11 is 1.84. The molecule has 0 amide bonds. The van der Waals surface area contributed by atoms with Crippen LogP contribution in [0.4, 0.5) is 0 Å². The first-order valence-electron chi connectivity index (χ1n) is 6.63. The third-order valence-corrected chi connectivity index (χ3v) is 4.42. The number of carboxylic acids is 1. The van der Waals surface area contributed by atoms with Gasteiger partial charge >= 0.3 is 5.97 Å². The minimum Gasteiger partial charge on any atom is -0.481 e. The lowest BCUT2D eigenvalue weighted by Gasteiger charge is -2.34. The van der Waals surface area contributed by atoms with E-state index in [-0.39, 0.29) is 12.5 Å². The van der Waals surface area contributed by atoms with Crippen molar-refractivity contribution in [2.45, 2.75) is 38.9 Å². The topological polar surface area (TPSA) is 58.4 Å². The number of carboxylic acid groups (broad SMARTS) is 1. The number of carbonyl (C=O) groups is 1. The predicted octanol–water partition coefficient (Wildman–Crippen LogP) is 1.86. The highest BCUT2D eigenvalue weighted by Gasteiger charge is 2.25. The van der Waals surface area contributed by atoms with Gasteiger partial charge in [0.05, 0.1) is 12.6 Å². The summed E-state index contributed by atoms with van der Waals surface area (Å²) in [5.41, 5.74) is 1.16. The summed E-state index contributed by atoms with van der Waals surface area (Å²) in [7, 11) is 0. The second-order valence-electron chi connectivity index (χ2n) is 5.22. The Balaban J connectivity index is 1.99. The molecule has 106 valence electrons. The van der Waals surface area contributed by atoms with Gasteiger partial charge in [-0.15, -0.1) is 0 Å².